The van der Waals surface area contributed by atoms with E-state index in [9.17, 15) is 0 Å². The van der Waals surface area contributed by atoms with E-state index in [-0.39, 0.29) is 0 Å². The Morgan fingerprint density at radius 1 is 1.28 bits per heavy atom. The van der Waals surface area contributed by atoms with Crippen LogP contribution in [0.3, 0.4) is 0 Å². The number of aromatic nitrogens is 4. The van der Waals surface area contributed by atoms with E-state index < -0.39 is 0 Å². The minimum Gasteiger partial charge on any atom is -0.322 e. The quantitative estimate of drug-likeness (QED) is 0.345. The second kappa shape index (κ2) is 9.13. The topological polar surface area (TPSA) is 81.8 Å². The highest BCUT2D eigenvalue weighted by molar-refractivity contribution is 7.97. The monoisotopic (exact) mass is 429 g/mol. The Kier molecular flexibility index (Phi) is 6.34. The van der Waals surface area contributed by atoms with Crippen molar-refractivity contribution in [2.24, 2.45) is 0 Å². The van der Waals surface area contributed by atoms with Crippen molar-refractivity contribution in [2.45, 2.75) is 23.7 Å². The lowest BCUT2D eigenvalue weighted by molar-refractivity contribution is 0.415. The molecule has 2 heterocycles. The van der Waals surface area contributed by atoms with Gasteiger partial charge in [-0.2, -0.15) is 5.10 Å². The van der Waals surface area contributed by atoms with Crippen molar-refractivity contribution in [1.82, 2.24) is 29.8 Å². The molecular formula is C20H24ClN7S. The molecule has 1 fully saturated rings. The Balaban J connectivity index is 1.46. The van der Waals surface area contributed by atoms with E-state index in [1.165, 1.54) is 12.8 Å². The number of H-pyrrole nitrogens is 1. The number of hydrogen-bond acceptors (Lipinski definition) is 7. The predicted octanol–water partition coefficient (Wildman–Crippen LogP) is 4.30. The maximum atomic E-state index is 6.31. The zero-order valence-corrected chi connectivity index (χ0v) is 18.0. The summed E-state index contributed by atoms with van der Waals surface area (Å²) in [5, 5.41) is 11.1. The largest absolute Gasteiger partial charge is 0.322 e. The number of nitrogens with zero attached hydrogens (tertiary/aromatic N) is 4. The first-order valence-electron chi connectivity index (χ1n) is 9.58. The molecule has 1 aliphatic carbocycles. The number of halogens is 1. The summed E-state index contributed by atoms with van der Waals surface area (Å²) >= 11 is 7.92. The summed E-state index contributed by atoms with van der Waals surface area (Å²) in [5.41, 5.74) is 2.09. The lowest BCUT2D eigenvalue weighted by Crippen LogP contribution is -2.22. The Bertz CT molecular complexity index is 971. The van der Waals surface area contributed by atoms with E-state index >= 15 is 0 Å². The van der Waals surface area contributed by atoms with Gasteiger partial charge in [0, 0.05) is 41.2 Å². The zero-order chi connectivity index (χ0) is 20.2. The number of anilines is 2. The van der Waals surface area contributed by atoms with Gasteiger partial charge in [-0.25, -0.2) is 9.97 Å². The van der Waals surface area contributed by atoms with Crippen molar-refractivity contribution in [2.75, 3.05) is 32.5 Å². The Labute approximate surface area is 179 Å². The maximum Gasteiger partial charge on any atom is 0.161 e. The van der Waals surface area contributed by atoms with Crippen molar-refractivity contribution in [3.8, 4) is 11.4 Å². The summed E-state index contributed by atoms with van der Waals surface area (Å²) in [4.78, 5) is 12.3. The molecule has 0 saturated heterocycles. The van der Waals surface area contributed by atoms with E-state index in [4.69, 9.17) is 11.6 Å². The molecule has 4 rings (SSSR count). The lowest BCUT2D eigenvalue weighted by Gasteiger charge is -2.10. The van der Waals surface area contributed by atoms with Crippen molar-refractivity contribution < 1.29 is 0 Å². The fourth-order valence-electron chi connectivity index (χ4n) is 2.82. The molecule has 0 aliphatic heterocycles. The number of benzene rings is 1. The maximum absolute atomic E-state index is 6.31. The van der Waals surface area contributed by atoms with Gasteiger partial charge < -0.3 is 10.2 Å². The third-order valence-electron chi connectivity index (χ3n) is 4.55. The molecule has 1 saturated carbocycles. The Morgan fingerprint density at radius 3 is 2.93 bits per heavy atom. The van der Waals surface area contributed by atoms with E-state index in [2.05, 4.69) is 61.3 Å². The summed E-state index contributed by atoms with van der Waals surface area (Å²) in [7, 11) is 4.12. The van der Waals surface area contributed by atoms with Gasteiger partial charge in [0.25, 0.3) is 0 Å². The van der Waals surface area contributed by atoms with Crippen LogP contribution in [0.2, 0.25) is 5.02 Å². The van der Waals surface area contributed by atoms with E-state index in [0.717, 1.165) is 29.2 Å². The van der Waals surface area contributed by atoms with Crippen molar-refractivity contribution in [3.63, 3.8) is 0 Å². The van der Waals surface area contributed by atoms with Crippen LogP contribution < -0.4 is 10.0 Å². The fraction of sp³-hybridized carbons (Fsp3) is 0.350. The molecule has 0 spiro atoms. The van der Waals surface area contributed by atoms with E-state index in [1.807, 2.05) is 18.2 Å². The average molecular weight is 430 g/mol. The minimum atomic E-state index is 0.459. The molecule has 3 N–H and O–H groups in total. The summed E-state index contributed by atoms with van der Waals surface area (Å²) in [6, 6.07) is 10.2. The smallest absolute Gasteiger partial charge is 0.161 e. The van der Waals surface area contributed by atoms with Crippen LogP contribution in [0.15, 0.2) is 41.4 Å². The second-order valence-corrected chi connectivity index (χ2v) is 8.70. The highest BCUT2D eigenvalue weighted by atomic mass is 35.5. The first-order chi connectivity index (χ1) is 14.1. The number of likely N-dealkylation sites (N-methyl/N-ethyl adjacent to an activating group) is 1. The second-order valence-electron chi connectivity index (χ2n) is 7.33. The first kappa shape index (κ1) is 20.2. The van der Waals surface area contributed by atoms with Crippen LogP contribution in [0.1, 0.15) is 24.5 Å². The molecule has 7 nitrogen and oxygen atoms in total. The molecular weight excluding hydrogens is 406 g/mol. The van der Waals surface area contributed by atoms with Crippen molar-refractivity contribution in [3.05, 3.63) is 47.2 Å². The lowest BCUT2D eigenvalue weighted by atomic mass is 10.2. The number of nitrogens with one attached hydrogen (secondary N) is 3. The van der Waals surface area contributed by atoms with Crippen LogP contribution in [-0.4, -0.2) is 52.3 Å². The molecule has 0 unspecified atom stereocenters. The van der Waals surface area contributed by atoms with Crippen LogP contribution in [0.5, 0.6) is 0 Å². The molecule has 152 valence electrons. The minimum absolute atomic E-state index is 0.459. The molecule has 9 heteroatoms. The first-order valence-corrected chi connectivity index (χ1v) is 10.8. The third-order valence-corrected chi connectivity index (χ3v) is 5.66. The SMILES string of the molecule is CN(C)CCNSc1cccc(-c2ncc(Cl)c(Nc3cc(C4CC4)[nH]n3)n2)c1. The van der Waals surface area contributed by atoms with Gasteiger partial charge >= 0.3 is 0 Å². The van der Waals surface area contributed by atoms with Crippen molar-refractivity contribution in [1.29, 1.82) is 0 Å². The number of aromatic amines is 1. The number of hydrogen-bond donors (Lipinski definition) is 3. The highest BCUT2D eigenvalue weighted by Crippen LogP contribution is 2.39. The molecule has 0 bridgehead atoms. The zero-order valence-electron chi connectivity index (χ0n) is 16.4. The Hall–Kier alpha value is -2.13. The normalized spacial score (nSPS) is 13.8. The third kappa shape index (κ3) is 5.48. The fourth-order valence-corrected chi connectivity index (χ4v) is 3.65. The Morgan fingerprint density at radius 2 is 2.14 bits per heavy atom. The van der Waals surface area contributed by atoms with Gasteiger partial charge in [-0.05, 0) is 51.0 Å². The van der Waals surface area contributed by atoms with Crippen LogP contribution in [0.25, 0.3) is 11.4 Å². The molecule has 0 radical (unpaired) electrons. The van der Waals surface area contributed by atoms with E-state index in [1.54, 1.807) is 18.1 Å². The van der Waals surface area contributed by atoms with Crippen LogP contribution in [-0.2, 0) is 0 Å². The molecule has 1 aliphatic rings. The highest BCUT2D eigenvalue weighted by Gasteiger charge is 2.25. The van der Waals surface area contributed by atoms with Gasteiger partial charge in [-0.1, -0.05) is 23.7 Å². The van der Waals surface area contributed by atoms with Crippen molar-refractivity contribution >= 4 is 35.2 Å². The van der Waals surface area contributed by atoms with E-state index in [0.29, 0.717) is 28.4 Å². The van der Waals surface area contributed by atoms with Gasteiger partial charge in [0.1, 0.15) is 5.02 Å². The standard InChI is InChI=1S/C20H24ClN7S/c1-28(2)9-8-23-29-15-5-3-4-14(10-15)19-22-12-16(21)20(25-19)24-18-11-17(26-27-18)13-6-7-13/h3-5,10-13,23H,6-9H2,1-2H3,(H2,22,24,25,26,27). The summed E-state index contributed by atoms with van der Waals surface area (Å²) in [5.74, 6) is 2.49. The molecule has 1 aromatic carbocycles. The van der Waals surface area contributed by atoms with Crippen LogP contribution >= 0.6 is 23.5 Å². The molecule has 3 aromatic rings. The van der Waals surface area contributed by atoms with Gasteiger partial charge in [0.05, 0.1) is 6.20 Å². The van der Waals surface area contributed by atoms with Gasteiger partial charge in [-0.15, -0.1) is 0 Å². The van der Waals surface area contributed by atoms with Crippen LogP contribution in [0.4, 0.5) is 11.6 Å². The van der Waals surface area contributed by atoms with Gasteiger partial charge in [0.2, 0.25) is 0 Å². The van der Waals surface area contributed by atoms with Gasteiger partial charge in [0.15, 0.2) is 17.5 Å². The predicted molar refractivity (Wildman–Crippen MR) is 119 cm³/mol. The van der Waals surface area contributed by atoms with Gasteiger partial charge in [-0.3, -0.25) is 9.82 Å². The summed E-state index contributed by atoms with van der Waals surface area (Å²) in [6.07, 6.45) is 4.06. The van der Waals surface area contributed by atoms with Crippen LogP contribution in [0, 0.1) is 0 Å². The molecule has 0 atom stereocenters. The summed E-state index contributed by atoms with van der Waals surface area (Å²) < 4.78 is 3.37. The molecule has 29 heavy (non-hydrogen) atoms. The molecule has 2 aromatic heterocycles. The average Bonchev–Trinajstić information content (AvgIpc) is 3.46. The number of rotatable bonds is 9. The summed E-state index contributed by atoms with van der Waals surface area (Å²) in [6.45, 7) is 1.89. The molecule has 0 amide bonds.